The maximum atomic E-state index is 11.8. The number of carbonyl (C=O) groups is 1. The molecule has 0 bridgehead atoms. The summed E-state index contributed by atoms with van der Waals surface area (Å²) in [5.41, 5.74) is -0.285. The van der Waals surface area contributed by atoms with Crippen LogP contribution in [0.1, 0.15) is 17.3 Å². The third-order valence-corrected chi connectivity index (χ3v) is 3.63. The standard InChI is InChI=1S/C10H13NO5S/c1-3-11-17(14,15)9-6-7(16-2)4-5-8(9)10(12)13/h4-6,11H,3H2,1-2H3,(H,12,13). The number of hydrogen-bond acceptors (Lipinski definition) is 4. The summed E-state index contributed by atoms with van der Waals surface area (Å²) in [6, 6.07) is 3.78. The third-order valence-electron chi connectivity index (χ3n) is 2.04. The summed E-state index contributed by atoms with van der Waals surface area (Å²) in [4.78, 5) is 10.6. The van der Waals surface area contributed by atoms with Crippen LogP contribution in [0.5, 0.6) is 5.75 Å². The Balaban J connectivity index is 3.42. The molecule has 0 unspecified atom stereocenters. The molecule has 0 saturated heterocycles. The topological polar surface area (TPSA) is 92.7 Å². The Labute approximate surface area is 99.3 Å². The van der Waals surface area contributed by atoms with Gasteiger partial charge in [0.1, 0.15) is 10.6 Å². The summed E-state index contributed by atoms with van der Waals surface area (Å²) in [5, 5.41) is 8.93. The quantitative estimate of drug-likeness (QED) is 0.811. The lowest BCUT2D eigenvalue weighted by molar-refractivity contribution is 0.0692. The molecule has 94 valence electrons. The molecule has 0 aliphatic carbocycles. The van der Waals surface area contributed by atoms with Crippen molar-refractivity contribution in [2.24, 2.45) is 0 Å². The van der Waals surface area contributed by atoms with Crippen LogP contribution in [-0.2, 0) is 10.0 Å². The van der Waals surface area contributed by atoms with Crippen LogP contribution < -0.4 is 9.46 Å². The molecular formula is C10H13NO5S. The summed E-state index contributed by atoms with van der Waals surface area (Å²) in [6.07, 6.45) is 0. The fourth-order valence-corrected chi connectivity index (χ4v) is 2.55. The van der Waals surface area contributed by atoms with Crippen molar-refractivity contribution in [3.63, 3.8) is 0 Å². The van der Waals surface area contributed by atoms with E-state index in [9.17, 15) is 13.2 Å². The van der Waals surface area contributed by atoms with Crippen molar-refractivity contribution in [1.82, 2.24) is 4.72 Å². The van der Waals surface area contributed by atoms with Crippen molar-refractivity contribution >= 4 is 16.0 Å². The first-order valence-electron chi connectivity index (χ1n) is 4.83. The number of hydrogen-bond donors (Lipinski definition) is 2. The van der Waals surface area contributed by atoms with E-state index in [1.807, 2.05) is 0 Å². The van der Waals surface area contributed by atoms with Gasteiger partial charge >= 0.3 is 5.97 Å². The van der Waals surface area contributed by atoms with Gasteiger partial charge in [0.15, 0.2) is 0 Å². The fraction of sp³-hybridized carbons (Fsp3) is 0.300. The number of rotatable bonds is 5. The molecule has 0 aliphatic heterocycles. The third kappa shape index (κ3) is 2.95. The normalized spacial score (nSPS) is 11.2. The smallest absolute Gasteiger partial charge is 0.337 e. The predicted octanol–water partition coefficient (Wildman–Crippen LogP) is 0.692. The zero-order chi connectivity index (χ0) is 13.1. The van der Waals surface area contributed by atoms with Crippen molar-refractivity contribution in [3.05, 3.63) is 23.8 Å². The second-order valence-electron chi connectivity index (χ2n) is 3.17. The monoisotopic (exact) mass is 259 g/mol. The predicted molar refractivity (Wildman–Crippen MR) is 60.8 cm³/mol. The largest absolute Gasteiger partial charge is 0.497 e. The van der Waals surface area contributed by atoms with Gasteiger partial charge in [0.2, 0.25) is 10.0 Å². The van der Waals surface area contributed by atoms with E-state index in [1.54, 1.807) is 6.92 Å². The molecule has 6 nitrogen and oxygen atoms in total. The summed E-state index contributed by atoms with van der Waals surface area (Å²) in [7, 11) is -2.46. The van der Waals surface area contributed by atoms with Crippen LogP contribution in [0.2, 0.25) is 0 Å². The van der Waals surface area contributed by atoms with Crippen molar-refractivity contribution in [2.75, 3.05) is 13.7 Å². The molecule has 1 aromatic carbocycles. The highest BCUT2D eigenvalue weighted by Gasteiger charge is 2.22. The van der Waals surface area contributed by atoms with E-state index in [2.05, 4.69) is 4.72 Å². The Bertz CT molecular complexity index is 523. The highest BCUT2D eigenvalue weighted by atomic mass is 32.2. The number of aromatic carboxylic acids is 1. The molecule has 0 atom stereocenters. The molecule has 1 aromatic rings. The number of methoxy groups -OCH3 is 1. The molecular weight excluding hydrogens is 246 g/mol. The van der Waals surface area contributed by atoms with E-state index in [4.69, 9.17) is 9.84 Å². The zero-order valence-electron chi connectivity index (χ0n) is 9.43. The average Bonchev–Trinajstić information content (AvgIpc) is 2.28. The van der Waals surface area contributed by atoms with E-state index in [0.717, 1.165) is 0 Å². The molecule has 7 heteroatoms. The van der Waals surface area contributed by atoms with Gasteiger partial charge in [0.05, 0.1) is 12.7 Å². The molecule has 0 aliphatic rings. The zero-order valence-corrected chi connectivity index (χ0v) is 10.2. The van der Waals surface area contributed by atoms with Gasteiger partial charge in [0.25, 0.3) is 0 Å². The van der Waals surface area contributed by atoms with Crippen LogP contribution in [0.15, 0.2) is 23.1 Å². The number of nitrogens with one attached hydrogen (secondary N) is 1. The van der Waals surface area contributed by atoms with E-state index in [0.29, 0.717) is 0 Å². The van der Waals surface area contributed by atoms with Crippen molar-refractivity contribution in [1.29, 1.82) is 0 Å². The lowest BCUT2D eigenvalue weighted by atomic mass is 10.2. The molecule has 0 aromatic heterocycles. The minimum absolute atomic E-state index is 0.179. The number of carboxylic acids is 1. The molecule has 0 fully saturated rings. The molecule has 0 heterocycles. The van der Waals surface area contributed by atoms with Crippen LogP contribution in [0.25, 0.3) is 0 Å². The molecule has 1 rings (SSSR count). The Morgan fingerprint density at radius 3 is 2.59 bits per heavy atom. The summed E-state index contributed by atoms with van der Waals surface area (Å²) in [6.45, 7) is 1.79. The second kappa shape index (κ2) is 5.15. The van der Waals surface area contributed by atoms with E-state index < -0.39 is 16.0 Å². The van der Waals surface area contributed by atoms with Gasteiger partial charge in [0, 0.05) is 12.6 Å². The highest BCUT2D eigenvalue weighted by molar-refractivity contribution is 7.89. The molecule has 0 spiro atoms. The maximum Gasteiger partial charge on any atom is 0.337 e. The van der Waals surface area contributed by atoms with Gasteiger partial charge in [-0.25, -0.2) is 17.9 Å². The van der Waals surface area contributed by atoms with E-state index in [-0.39, 0.29) is 22.8 Å². The van der Waals surface area contributed by atoms with Gasteiger partial charge in [-0.1, -0.05) is 6.92 Å². The Kier molecular flexibility index (Phi) is 4.08. The van der Waals surface area contributed by atoms with Crippen LogP contribution in [0.3, 0.4) is 0 Å². The molecule has 2 N–H and O–H groups in total. The maximum absolute atomic E-state index is 11.8. The van der Waals surface area contributed by atoms with Crippen LogP contribution in [-0.4, -0.2) is 33.1 Å². The van der Waals surface area contributed by atoms with Gasteiger partial charge < -0.3 is 9.84 Å². The number of sulfonamides is 1. The van der Waals surface area contributed by atoms with E-state index in [1.165, 1.54) is 25.3 Å². The van der Waals surface area contributed by atoms with Crippen LogP contribution in [0, 0.1) is 0 Å². The van der Waals surface area contributed by atoms with Gasteiger partial charge in [-0.3, -0.25) is 0 Å². The van der Waals surface area contributed by atoms with Crippen molar-refractivity contribution < 1.29 is 23.1 Å². The molecule has 0 amide bonds. The first kappa shape index (κ1) is 13.5. The lowest BCUT2D eigenvalue weighted by Gasteiger charge is -2.09. The Hall–Kier alpha value is -1.60. The summed E-state index contributed by atoms with van der Waals surface area (Å²) < 4.78 is 30.7. The van der Waals surface area contributed by atoms with Crippen LogP contribution in [0.4, 0.5) is 0 Å². The van der Waals surface area contributed by atoms with Crippen molar-refractivity contribution in [2.45, 2.75) is 11.8 Å². The molecule has 17 heavy (non-hydrogen) atoms. The fourth-order valence-electron chi connectivity index (χ4n) is 1.30. The number of carboxylic acid groups (broad SMARTS) is 1. The SMILES string of the molecule is CCNS(=O)(=O)c1cc(OC)ccc1C(=O)O. The van der Waals surface area contributed by atoms with Gasteiger partial charge in [-0.15, -0.1) is 0 Å². The first-order chi connectivity index (χ1) is 7.92. The number of ether oxygens (including phenoxy) is 1. The van der Waals surface area contributed by atoms with E-state index >= 15 is 0 Å². The average molecular weight is 259 g/mol. The van der Waals surface area contributed by atoms with Gasteiger partial charge in [-0.05, 0) is 12.1 Å². The molecule has 0 saturated carbocycles. The molecule has 0 radical (unpaired) electrons. The summed E-state index contributed by atoms with van der Waals surface area (Å²) in [5.74, 6) is -1.02. The highest BCUT2D eigenvalue weighted by Crippen LogP contribution is 2.22. The first-order valence-corrected chi connectivity index (χ1v) is 6.31. The number of benzene rings is 1. The Morgan fingerprint density at radius 1 is 1.47 bits per heavy atom. The van der Waals surface area contributed by atoms with Crippen molar-refractivity contribution in [3.8, 4) is 5.75 Å². The minimum Gasteiger partial charge on any atom is -0.497 e. The second-order valence-corrected chi connectivity index (χ2v) is 4.90. The van der Waals surface area contributed by atoms with Crippen LogP contribution >= 0.6 is 0 Å². The Morgan fingerprint density at radius 2 is 2.12 bits per heavy atom. The van der Waals surface area contributed by atoms with Gasteiger partial charge in [-0.2, -0.15) is 0 Å². The summed E-state index contributed by atoms with van der Waals surface area (Å²) >= 11 is 0. The minimum atomic E-state index is -3.83. The lowest BCUT2D eigenvalue weighted by Crippen LogP contribution is -2.25.